The minimum Gasteiger partial charge on any atom is -0.295 e. The Morgan fingerprint density at radius 3 is 2.79 bits per heavy atom. The van der Waals surface area contributed by atoms with Gasteiger partial charge in [-0.25, -0.2) is 0 Å². The Morgan fingerprint density at radius 1 is 1.43 bits per heavy atom. The molecule has 80 valence electrons. The lowest BCUT2D eigenvalue weighted by atomic mass is 9.97. The maximum Gasteiger partial charge on any atom is 0.158 e. The Morgan fingerprint density at radius 2 is 2.21 bits per heavy atom. The molecule has 0 aromatic carbocycles. The molecule has 1 nitrogen and oxygen atoms in total. The number of ketones is 1. The molecule has 0 bridgehead atoms. The van der Waals surface area contributed by atoms with E-state index in [0.717, 1.165) is 24.8 Å². The Kier molecular flexibility index (Phi) is 4.92. The molecule has 0 N–H and O–H groups in total. The fourth-order valence-electron chi connectivity index (χ4n) is 2.09. The Bertz CT molecular complexity index is 215. The second-order valence-electron chi connectivity index (χ2n) is 4.37. The van der Waals surface area contributed by atoms with Gasteiger partial charge in [-0.3, -0.25) is 4.79 Å². The van der Waals surface area contributed by atoms with Crippen molar-refractivity contribution < 1.29 is 4.79 Å². The lowest BCUT2D eigenvalue weighted by molar-refractivity contribution is -0.116. The van der Waals surface area contributed by atoms with Crippen molar-refractivity contribution in [3.8, 4) is 0 Å². The first-order valence-corrected chi connectivity index (χ1v) is 5.99. The number of allylic oxidation sites excluding steroid dienone is 2. The third kappa shape index (κ3) is 3.28. The van der Waals surface area contributed by atoms with Gasteiger partial charge in [0.25, 0.3) is 0 Å². The predicted molar refractivity (Wildman–Crippen MR) is 60.2 cm³/mol. The zero-order valence-corrected chi connectivity index (χ0v) is 9.51. The average molecular weight is 194 g/mol. The van der Waals surface area contributed by atoms with E-state index < -0.39 is 0 Å². The zero-order chi connectivity index (χ0) is 10.4. The maximum atomic E-state index is 11.8. The van der Waals surface area contributed by atoms with Crippen LogP contribution in [0.3, 0.4) is 0 Å². The van der Waals surface area contributed by atoms with Crippen molar-refractivity contribution in [2.24, 2.45) is 5.92 Å². The summed E-state index contributed by atoms with van der Waals surface area (Å²) >= 11 is 0. The van der Waals surface area contributed by atoms with Gasteiger partial charge < -0.3 is 0 Å². The van der Waals surface area contributed by atoms with E-state index >= 15 is 0 Å². The highest BCUT2D eigenvalue weighted by Gasteiger charge is 2.19. The van der Waals surface area contributed by atoms with Crippen molar-refractivity contribution in [2.75, 3.05) is 0 Å². The topological polar surface area (TPSA) is 17.1 Å². The first-order chi connectivity index (χ1) is 6.75. The molecular weight excluding hydrogens is 172 g/mol. The van der Waals surface area contributed by atoms with Crippen LogP contribution in [0.15, 0.2) is 11.6 Å². The number of carbonyl (C=O) groups excluding carboxylic acids is 1. The number of hydrogen-bond acceptors (Lipinski definition) is 1. The molecule has 0 heterocycles. The summed E-state index contributed by atoms with van der Waals surface area (Å²) in [4.78, 5) is 11.8. The van der Waals surface area contributed by atoms with E-state index in [-0.39, 0.29) is 0 Å². The van der Waals surface area contributed by atoms with Crippen LogP contribution in [0.5, 0.6) is 0 Å². The van der Waals surface area contributed by atoms with E-state index in [4.69, 9.17) is 0 Å². The van der Waals surface area contributed by atoms with Gasteiger partial charge in [0.1, 0.15) is 0 Å². The number of Topliss-reactive ketones (excluding diaryl/α,β-unsaturated/α-hetero) is 1. The molecule has 0 radical (unpaired) electrons. The first-order valence-electron chi connectivity index (χ1n) is 5.99. The third-order valence-electron chi connectivity index (χ3n) is 3.07. The summed E-state index contributed by atoms with van der Waals surface area (Å²) in [5.74, 6) is 0.930. The van der Waals surface area contributed by atoms with Gasteiger partial charge in [0.15, 0.2) is 5.78 Å². The summed E-state index contributed by atoms with van der Waals surface area (Å²) < 4.78 is 0. The van der Waals surface area contributed by atoms with Crippen molar-refractivity contribution in [1.29, 1.82) is 0 Å². The van der Waals surface area contributed by atoms with Crippen molar-refractivity contribution in [1.82, 2.24) is 0 Å². The molecule has 1 atom stereocenters. The van der Waals surface area contributed by atoms with E-state index in [2.05, 4.69) is 19.9 Å². The standard InChI is InChI=1S/C13H22O/c1-3-4-5-6-10-13(14)12-9-7-8-11(12)2/h9,11H,3-8,10H2,1-2H3. The van der Waals surface area contributed by atoms with Crippen LogP contribution in [0.2, 0.25) is 0 Å². The third-order valence-corrected chi connectivity index (χ3v) is 3.07. The zero-order valence-electron chi connectivity index (χ0n) is 9.51. The molecule has 0 fully saturated rings. The molecule has 0 aromatic heterocycles. The van der Waals surface area contributed by atoms with Crippen LogP contribution in [-0.2, 0) is 4.79 Å². The molecule has 1 aliphatic carbocycles. The van der Waals surface area contributed by atoms with Gasteiger partial charge in [-0.1, -0.05) is 39.2 Å². The van der Waals surface area contributed by atoms with Crippen LogP contribution < -0.4 is 0 Å². The van der Waals surface area contributed by atoms with Gasteiger partial charge in [0.05, 0.1) is 0 Å². The number of hydrogen-bond donors (Lipinski definition) is 0. The lowest BCUT2D eigenvalue weighted by Crippen LogP contribution is -2.06. The van der Waals surface area contributed by atoms with Crippen molar-refractivity contribution in [3.63, 3.8) is 0 Å². The smallest absolute Gasteiger partial charge is 0.158 e. The molecule has 0 amide bonds. The highest BCUT2D eigenvalue weighted by Crippen LogP contribution is 2.27. The summed E-state index contributed by atoms with van der Waals surface area (Å²) in [6.45, 7) is 4.37. The molecular formula is C13H22O. The summed E-state index contributed by atoms with van der Waals surface area (Å²) in [5, 5.41) is 0. The molecule has 0 spiro atoms. The van der Waals surface area contributed by atoms with Crippen LogP contribution in [0.4, 0.5) is 0 Å². The van der Waals surface area contributed by atoms with E-state index in [1.54, 1.807) is 0 Å². The van der Waals surface area contributed by atoms with Gasteiger partial charge in [-0.05, 0) is 30.8 Å². The predicted octanol–water partition coefficient (Wildman–Crippen LogP) is 3.88. The van der Waals surface area contributed by atoms with Crippen LogP contribution in [0.1, 0.15) is 58.8 Å². The molecule has 0 saturated carbocycles. The molecule has 1 unspecified atom stereocenters. The summed E-state index contributed by atoms with van der Waals surface area (Å²) in [6, 6.07) is 0. The van der Waals surface area contributed by atoms with E-state index in [9.17, 15) is 4.79 Å². The van der Waals surface area contributed by atoms with Crippen molar-refractivity contribution in [3.05, 3.63) is 11.6 Å². The van der Waals surface area contributed by atoms with E-state index in [1.807, 2.05) is 0 Å². The van der Waals surface area contributed by atoms with E-state index in [0.29, 0.717) is 11.7 Å². The molecule has 0 saturated heterocycles. The van der Waals surface area contributed by atoms with Crippen LogP contribution in [-0.4, -0.2) is 5.78 Å². The number of rotatable bonds is 6. The largest absolute Gasteiger partial charge is 0.295 e. The molecule has 0 aliphatic heterocycles. The van der Waals surface area contributed by atoms with Gasteiger partial charge >= 0.3 is 0 Å². The van der Waals surface area contributed by atoms with Crippen molar-refractivity contribution >= 4 is 5.78 Å². The highest BCUT2D eigenvalue weighted by molar-refractivity contribution is 5.96. The second kappa shape index (κ2) is 6.00. The van der Waals surface area contributed by atoms with Gasteiger partial charge in [0.2, 0.25) is 0 Å². The Balaban J connectivity index is 2.21. The number of unbranched alkanes of at least 4 members (excludes halogenated alkanes) is 3. The molecule has 1 rings (SSSR count). The fraction of sp³-hybridized carbons (Fsp3) is 0.769. The van der Waals surface area contributed by atoms with Crippen LogP contribution >= 0.6 is 0 Å². The number of carbonyl (C=O) groups is 1. The van der Waals surface area contributed by atoms with Crippen molar-refractivity contribution in [2.45, 2.75) is 58.8 Å². The van der Waals surface area contributed by atoms with Gasteiger partial charge in [-0.15, -0.1) is 0 Å². The average Bonchev–Trinajstić information content (AvgIpc) is 2.59. The molecule has 1 aliphatic rings. The SMILES string of the molecule is CCCCCCC(=O)C1=CCCC1C. The lowest BCUT2D eigenvalue weighted by Gasteiger charge is -2.07. The van der Waals surface area contributed by atoms with Gasteiger partial charge in [0, 0.05) is 6.42 Å². The monoisotopic (exact) mass is 194 g/mol. The van der Waals surface area contributed by atoms with Gasteiger partial charge in [-0.2, -0.15) is 0 Å². The Hall–Kier alpha value is -0.590. The molecule has 14 heavy (non-hydrogen) atoms. The summed E-state index contributed by atoms with van der Waals surface area (Å²) in [6.07, 6.45) is 10.0. The maximum absolute atomic E-state index is 11.8. The fourth-order valence-corrected chi connectivity index (χ4v) is 2.09. The normalized spacial score (nSPS) is 21.0. The first kappa shape index (κ1) is 11.5. The summed E-state index contributed by atoms with van der Waals surface area (Å²) in [7, 11) is 0. The minimum absolute atomic E-state index is 0.408. The minimum atomic E-state index is 0.408. The van der Waals surface area contributed by atoms with Crippen LogP contribution in [0.25, 0.3) is 0 Å². The Labute approximate surface area is 87.6 Å². The summed E-state index contributed by atoms with van der Waals surface area (Å²) in [5.41, 5.74) is 1.11. The van der Waals surface area contributed by atoms with Crippen LogP contribution in [0, 0.1) is 5.92 Å². The quantitative estimate of drug-likeness (QED) is 0.586. The second-order valence-corrected chi connectivity index (χ2v) is 4.37. The highest BCUT2D eigenvalue weighted by atomic mass is 16.1. The molecule has 0 aromatic rings. The molecule has 1 heteroatoms. The van der Waals surface area contributed by atoms with E-state index in [1.165, 1.54) is 25.7 Å².